The predicted octanol–water partition coefficient (Wildman–Crippen LogP) is 2.69. The van der Waals surface area contributed by atoms with Gasteiger partial charge in [0.05, 0.1) is 0 Å². The lowest BCUT2D eigenvalue weighted by Gasteiger charge is -2.38. The minimum Gasteiger partial charge on any atom is -0.355 e. The van der Waals surface area contributed by atoms with Gasteiger partial charge < -0.3 is 10.6 Å². The van der Waals surface area contributed by atoms with Crippen LogP contribution in [0.2, 0.25) is 0 Å². The quantitative estimate of drug-likeness (QED) is 0.571. The molecule has 150 valence electrons. The summed E-state index contributed by atoms with van der Waals surface area (Å²) in [4.78, 5) is 9.53. The van der Waals surface area contributed by atoms with Crippen molar-refractivity contribution in [1.29, 1.82) is 0 Å². The van der Waals surface area contributed by atoms with E-state index in [1.165, 1.54) is 18.4 Å². The zero-order chi connectivity index (χ0) is 19.2. The van der Waals surface area contributed by atoms with E-state index in [0.29, 0.717) is 18.1 Å². The molecule has 0 bridgehead atoms. The topological polar surface area (TPSA) is 42.9 Å². The Bertz CT molecular complexity index is 598. The second kappa shape index (κ2) is 9.56. The lowest BCUT2D eigenvalue weighted by atomic mass is 9.97. The predicted molar refractivity (Wildman–Crippen MR) is 114 cm³/mol. The Kier molecular flexibility index (Phi) is 7.13. The van der Waals surface area contributed by atoms with Crippen LogP contribution in [-0.4, -0.2) is 67.1 Å². The first-order valence-corrected chi connectivity index (χ1v) is 10.5. The largest absolute Gasteiger partial charge is 0.355 e. The smallest absolute Gasteiger partial charge is 0.191 e. The molecular formula is C22H37N5. The highest BCUT2D eigenvalue weighted by Crippen LogP contribution is 2.26. The van der Waals surface area contributed by atoms with Gasteiger partial charge in [-0.2, -0.15) is 0 Å². The maximum atomic E-state index is 4.45. The third-order valence-electron chi connectivity index (χ3n) is 6.19. The zero-order valence-corrected chi connectivity index (χ0v) is 17.5. The van der Waals surface area contributed by atoms with Gasteiger partial charge in [0.1, 0.15) is 0 Å². The first kappa shape index (κ1) is 20.2. The summed E-state index contributed by atoms with van der Waals surface area (Å²) < 4.78 is 0. The molecule has 2 aliphatic rings. The summed E-state index contributed by atoms with van der Waals surface area (Å²) in [6.45, 7) is 7.76. The number of guanidine groups is 1. The number of rotatable bonds is 7. The van der Waals surface area contributed by atoms with Crippen LogP contribution in [0.5, 0.6) is 0 Å². The van der Waals surface area contributed by atoms with Crippen molar-refractivity contribution in [2.75, 3.05) is 27.2 Å². The molecule has 3 rings (SSSR count). The number of likely N-dealkylation sites (N-methyl/N-ethyl adjacent to an activating group) is 1. The molecule has 0 radical (unpaired) electrons. The van der Waals surface area contributed by atoms with Crippen LogP contribution in [0.3, 0.4) is 0 Å². The Morgan fingerprint density at radius 3 is 2.63 bits per heavy atom. The molecule has 1 aliphatic heterocycles. The highest BCUT2D eigenvalue weighted by Gasteiger charge is 2.29. The van der Waals surface area contributed by atoms with Crippen molar-refractivity contribution in [3.05, 3.63) is 35.9 Å². The minimum atomic E-state index is 0.495. The van der Waals surface area contributed by atoms with E-state index in [9.17, 15) is 0 Å². The van der Waals surface area contributed by atoms with Crippen LogP contribution in [0.25, 0.3) is 0 Å². The summed E-state index contributed by atoms with van der Waals surface area (Å²) >= 11 is 0. The van der Waals surface area contributed by atoms with E-state index in [1.807, 2.05) is 7.05 Å². The van der Waals surface area contributed by atoms with Crippen LogP contribution in [0.4, 0.5) is 0 Å². The fourth-order valence-electron chi connectivity index (χ4n) is 4.02. The average Bonchev–Trinajstić information content (AvgIpc) is 3.52. The second-order valence-electron chi connectivity index (χ2n) is 8.37. The van der Waals surface area contributed by atoms with Crippen LogP contribution in [0.1, 0.15) is 45.1 Å². The lowest BCUT2D eigenvalue weighted by molar-refractivity contribution is 0.134. The molecule has 2 fully saturated rings. The van der Waals surface area contributed by atoms with Crippen LogP contribution in [0, 0.1) is 0 Å². The summed E-state index contributed by atoms with van der Waals surface area (Å²) in [5.41, 5.74) is 1.40. The fourth-order valence-corrected chi connectivity index (χ4v) is 4.02. The molecule has 1 aromatic rings. The van der Waals surface area contributed by atoms with Gasteiger partial charge in [0, 0.05) is 50.8 Å². The number of nitrogens with one attached hydrogen (secondary N) is 2. The Morgan fingerprint density at radius 2 is 2.00 bits per heavy atom. The summed E-state index contributed by atoms with van der Waals surface area (Å²) in [6.07, 6.45) is 5.03. The molecule has 5 nitrogen and oxygen atoms in total. The van der Waals surface area contributed by atoms with Gasteiger partial charge in [-0.25, -0.2) is 0 Å². The third kappa shape index (κ3) is 5.94. The number of nitrogens with zero attached hydrogens (tertiary/aromatic N) is 3. The van der Waals surface area contributed by atoms with Crippen molar-refractivity contribution >= 4 is 5.96 Å². The number of likely N-dealkylation sites (tertiary alicyclic amines) is 1. The number of benzene rings is 1. The highest BCUT2D eigenvalue weighted by atomic mass is 15.2. The standard InChI is InChI=1S/C22H37N5/c1-17-14-20(12-13-27(17)16-19-8-6-5-7-9-19)25-22(23-3)24-15-18(2)26(4)21-10-11-21/h5-9,17-18,20-21H,10-16H2,1-4H3,(H2,23,24,25). The Labute approximate surface area is 165 Å². The van der Waals surface area contributed by atoms with Gasteiger partial charge in [-0.3, -0.25) is 14.8 Å². The van der Waals surface area contributed by atoms with Crippen LogP contribution < -0.4 is 10.6 Å². The van der Waals surface area contributed by atoms with Crippen molar-refractivity contribution in [2.45, 2.75) is 70.2 Å². The van der Waals surface area contributed by atoms with Gasteiger partial charge in [-0.05, 0) is 52.1 Å². The van der Waals surface area contributed by atoms with E-state index in [2.05, 4.69) is 76.7 Å². The van der Waals surface area contributed by atoms with E-state index in [1.54, 1.807) is 0 Å². The first-order valence-electron chi connectivity index (χ1n) is 10.5. The molecule has 0 amide bonds. The van der Waals surface area contributed by atoms with E-state index in [4.69, 9.17) is 0 Å². The van der Waals surface area contributed by atoms with Gasteiger partial charge in [0.15, 0.2) is 5.96 Å². The van der Waals surface area contributed by atoms with Gasteiger partial charge in [-0.1, -0.05) is 30.3 Å². The average molecular weight is 372 g/mol. The monoisotopic (exact) mass is 371 g/mol. The van der Waals surface area contributed by atoms with E-state index in [0.717, 1.165) is 44.5 Å². The summed E-state index contributed by atoms with van der Waals surface area (Å²) in [5.74, 6) is 0.944. The Balaban J connectivity index is 1.42. The highest BCUT2D eigenvalue weighted by molar-refractivity contribution is 5.80. The molecule has 1 aliphatic carbocycles. The van der Waals surface area contributed by atoms with Crippen LogP contribution in [0.15, 0.2) is 35.3 Å². The second-order valence-corrected chi connectivity index (χ2v) is 8.37. The number of hydrogen-bond acceptors (Lipinski definition) is 3. The molecule has 2 N–H and O–H groups in total. The number of aliphatic imine (C=N–C) groups is 1. The van der Waals surface area contributed by atoms with Crippen LogP contribution in [-0.2, 0) is 6.54 Å². The van der Waals surface area contributed by atoms with E-state index >= 15 is 0 Å². The molecule has 1 heterocycles. The normalized spacial score (nSPS) is 25.4. The minimum absolute atomic E-state index is 0.495. The van der Waals surface area contributed by atoms with Gasteiger partial charge >= 0.3 is 0 Å². The molecule has 3 atom stereocenters. The van der Waals surface area contributed by atoms with Gasteiger partial charge in [0.2, 0.25) is 0 Å². The maximum absolute atomic E-state index is 4.45. The van der Waals surface area contributed by atoms with Crippen LogP contribution >= 0.6 is 0 Å². The molecular weight excluding hydrogens is 334 g/mol. The van der Waals surface area contributed by atoms with Crippen molar-refractivity contribution in [3.8, 4) is 0 Å². The van der Waals surface area contributed by atoms with Crippen molar-refractivity contribution in [1.82, 2.24) is 20.4 Å². The molecule has 1 saturated carbocycles. The molecule has 0 spiro atoms. The summed E-state index contributed by atoms with van der Waals surface area (Å²) in [5, 5.41) is 7.18. The lowest BCUT2D eigenvalue weighted by Crippen LogP contribution is -2.52. The zero-order valence-electron chi connectivity index (χ0n) is 17.5. The Hall–Kier alpha value is -1.59. The first-order chi connectivity index (χ1) is 13.1. The maximum Gasteiger partial charge on any atom is 0.191 e. The molecule has 1 saturated heterocycles. The number of piperidine rings is 1. The van der Waals surface area contributed by atoms with Crippen molar-refractivity contribution in [3.63, 3.8) is 0 Å². The van der Waals surface area contributed by atoms with Gasteiger partial charge in [-0.15, -0.1) is 0 Å². The van der Waals surface area contributed by atoms with Gasteiger partial charge in [0.25, 0.3) is 0 Å². The molecule has 27 heavy (non-hydrogen) atoms. The molecule has 0 aromatic heterocycles. The van der Waals surface area contributed by atoms with Crippen molar-refractivity contribution in [2.24, 2.45) is 4.99 Å². The third-order valence-corrected chi connectivity index (χ3v) is 6.19. The van der Waals surface area contributed by atoms with E-state index in [-0.39, 0.29) is 0 Å². The molecule has 1 aromatic carbocycles. The SMILES string of the molecule is CN=C(NCC(C)N(C)C1CC1)NC1CCN(Cc2ccccc2)C(C)C1. The van der Waals surface area contributed by atoms with Crippen molar-refractivity contribution < 1.29 is 0 Å². The Morgan fingerprint density at radius 1 is 1.26 bits per heavy atom. The molecule has 3 unspecified atom stereocenters. The summed E-state index contributed by atoms with van der Waals surface area (Å²) in [6, 6.07) is 13.2. The fraction of sp³-hybridized carbons (Fsp3) is 0.682. The summed E-state index contributed by atoms with van der Waals surface area (Å²) in [7, 11) is 4.11. The molecule has 5 heteroatoms. The van der Waals surface area contributed by atoms with E-state index < -0.39 is 0 Å². The number of hydrogen-bond donors (Lipinski definition) is 2.